The molecule has 4 rings (SSSR count). The average molecular weight is 830 g/mol. The summed E-state index contributed by atoms with van der Waals surface area (Å²) in [5.74, 6) is -3.67. The summed E-state index contributed by atoms with van der Waals surface area (Å²) < 4.78 is 61.6. The SMILES string of the molecule is CCCCOc1cc(/C=C/c2ccncc2)c(OCCCC)cc1/C=C/c1ccncc1.Fc1c(F)c(I)c(F)c(F)c1I. The summed E-state index contributed by atoms with van der Waals surface area (Å²) in [7, 11) is 0. The Morgan fingerprint density at radius 3 is 1.25 bits per heavy atom. The van der Waals surface area contributed by atoms with E-state index in [1.165, 1.54) is 45.2 Å². The normalized spacial score (nSPS) is 11.1. The molecule has 0 bridgehead atoms. The van der Waals surface area contributed by atoms with Crippen molar-refractivity contribution in [3.8, 4) is 11.5 Å². The summed E-state index contributed by atoms with van der Waals surface area (Å²) in [6.07, 6.45) is 19.7. The highest BCUT2D eigenvalue weighted by Gasteiger charge is 2.21. The zero-order valence-corrected chi connectivity index (χ0v) is 28.6. The van der Waals surface area contributed by atoms with Crippen LogP contribution >= 0.6 is 45.2 Å². The monoisotopic (exact) mass is 830 g/mol. The van der Waals surface area contributed by atoms with E-state index in [0.29, 0.717) is 13.2 Å². The quantitative estimate of drug-likeness (QED) is 0.0469. The number of ether oxygens (including phenoxy) is 2. The van der Waals surface area contributed by atoms with Crippen LogP contribution in [-0.4, -0.2) is 23.2 Å². The van der Waals surface area contributed by atoms with Gasteiger partial charge in [0.05, 0.1) is 20.4 Å². The zero-order chi connectivity index (χ0) is 31.9. The maximum Gasteiger partial charge on any atom is 0.176 e. The van der Waals surface area contributed by atoms with E-state index in [1.54, 1.807) is 24.8 Å². The lowest BCUT2D eigenvalue weighted by Gasteiger charge is -2.15. The molecule has 4 aromatic rings. The number of halogens is 6. The number of unbranched alkanes of at least 4 members (excludes halogenated alkanes) is 2. The second-order valence-electron chi connectivity index (χ2n) is 9.44. The second kappa shape index (κ2) is 18.7. The van der Waals surface area contributed by atoms with Crippen molar-refractivity contribution in [2.24, 2.45) is 0 Å². The van der Waals surface area contributed by atoms with Gasteiger partial charge >= 0.3 is 0 Å². The number of benzene rings is 2. The van der Waals surface area contributed by atoms with Crippen molar-refractivity contribution in [3.63, 3.8) is 0 Å². The Hall–Kier alpha value is -3.00. The largest absolute Gasteiger partial charge is 0.493 e. The summed E-state index contributed by atoms with van der Waals surface area (Å²) in [4.78, 5) is 8.18. The first-order chi connectivity index (χ1) is 21.3. The van der Waals surface area contributed by atoms with Crippen molar-refractivity contribution in [1.82, 2.24) is 9.97 Å². The number of pyridine rings is 2. The standard InChI is InChI=1S/C28H32N2O2.C6F4I2/c1-3-5-19-31-27-21-26(10-8-24-13-17-30-18-14-24)28(32-20-6-4-2)22-25(27)9-7-23-11-15-29-16-12-23;7-1-2(8)6(12)4(10)3(9)5(1)11/h7-18,21-22H,3-6,19-20H2,1-2H3;/b9-7+,10-8+;. The van der Waals surface area contributed by atoms with Crippen LogP contribution in [0, 0.1) is 30.4 Å². The van der Waals surface area contributed by atoms with E-state index in [9.17, 15) is 17.6 Å². The lowest BCUT2D eigenvalue weighted by atomic mass is 10.1. The molecule has 0 unspecified atom stereocenters. The Morgan fingerprint density at radius 2 is 0.932 bits per heavy atom. The minimum absolute atomic E-state index is 0.664. The van der Waals surface area contributed by atoms with Crippen molar-refractivity contribution in [1.29, 1.82) is 0 Å². The van der Waals surface area contributed by atoms with Crippen LogP contribution in [0.15, 0.2) is 61.2 Å². The van der Waals surface area contributed by atoms with Crippen LogP contribution in [0.1, 0.15) is 61.8 Å². The average Bonchev–Trinajstić information content (AvgIpc) is 3.06. The number of hydrogen-bond donors (Lipinski definition) is 0. The van der Waals surface area contributed by atoms with Crippen LogP contribution in [0.4, 0.5) is 17.6 Å². The van der Waals surface area contributed by atoms with Crippen LogP contribution in [-0.2, 0) is 0 Å². The highest BCUT2D eigenvalue weighted by Crippen LogP contribution is 2.33. The third-order valence-corrected chi connectivity index (χ3v) is 8.03. The maximum atomic E-state index is 12.6. The first-order valence-corrected chi connectivity index (χ1v) is 16.2. The Kier molecular flexibility index (Phi) is 15.1. The fraction of sp³-hybridized carbons (Fsp3) is 0.235. The lowest BCUT2D eigenvalue weighted by molar-refractivity contribution is 0.300. The van der Waals surface area contributed by atoms with Crippen molar-refractivity contribution < 1.29 is 27.0 Å². The Labute approximate surface area is 282 Å². The van der Waals surface area contributed by atoms with Gasteiger partial charge in [0.2, 0.25) is 0 Å². The van der Waals surface area contributed by atoms with Gasteiger partial charge in [0, 0.05) is 35.9 Å². The van der Waals surface area contributed by atoms with Gasteiger partial charge in [-0.05, 0) is 106 Å². The molecule has 10 heteroatoms. The van der Waals surface area contributed by atoms with Crippen LogP contribution in [0.2, 0.25) is 0 Å². The molecule has 0 aliphatic heterocycles. The van der Waals surface area contributed by atoms with E-state index in [-0.39, 0.29) is 0 Å². The van der Waals surface area contributed by atoms with Crippen LogP contribution in [0.25, 0.3) is 24.3 Å². The summed E-state index contributed by atoms with van der Waals surface area (Å²) in [5, 5.41) is 0. The topological polar surface area (TPSA) is 44.2 Å². The molecule has 0 N–H and O–H groups in total. The van der Waals surface area contributed by atoms with Gasteiger partial charge in [0.1, 0.15) is 11.5 Å². The van der Waals surface area contributed by atoms with Gasteiger partial charge in [0.15, 0.2) is 23.3 Å². The highest BCUT2D eigenvalue weighted by molar-refractivity contribution is 14.1. The molecular weight excluding hydrogens is 798 g/mol. The van der Waals surface area contributed by atoms with Crippen molar-refractivity contribution in [2.45, 2.75) is 39.5 Å². The Balaban J connectivity index is 0.000000369. The number of aromatic nitrogens is 2. The zero-order valence-electron chi connectivity index (χ0n) is 24.3. The molecule has 232 valence electrons. The fourth-order valence-corrected chi connectivity index (χ4v) is 4.60. The summed E-state index contributed by atoms with van der Waals surface area (Å²) in [6, 6.07) is 12.1. The van der Waals surface area contributed by atoms with E-state index < -0.39 is 30.4 Å². The number of hydrogen-bond acceptors (Lipinski definition) is 4. The van der Waals surface area contributed by atoms with Gasteiger partial charge in [0.25, 0.3) is 0 Å². The number of rotatable bonds is 12. The number of nitrogens with zero attached hydrogens (tertiary/aromatic N) is 2. The Bertz CT molecular complexity index is 1360. The van der Waals surface area contributed by atoms with Gasteiger partial charge in [-0.2, -0.15) is 0 Å². The third-order valence-electron chi connectivity index (χ3n) is 6.13. The molecule has 0 saturated heterocycles. The molecule has 0 atom stereocenters. The van der Waals surface area contributed by atoms with Crippen LogP contribution < -0.4 is 9.47 Å². The first-order valence-electron chi connectivity index (χ1n) is 14.0. The molecule has 0 aliphatic rings. The molecule has 4 nitrogen and oxygen atoms in total. The Morgan fingerprint density at radius 1 is 0.591 bits per heavy atom. The smallest absolute Gasteiger partial charge is 0.176 e. The molecule has 2 heterocycles. The molecule has 0 aliphatic carbocycles. The lowest BCUT2D eigenvalue weighted by Crippen LogP contribution is -2.02. The minimum Gasteiger partial charge on any atom is -0.493 e. The van der Waals surface area contributed by atoms with Gasteiger partial charge in [-0.15, -0.1) is 0 Å². The minimum atomic E-state index is -1.35. The first kappa shape index (κ1) is 35.5. The molecule has 2 aromatic carbocycles. The van der Waals surface area contributed by atoms with E-state index in [2.05, 4.69) is 60.3 Å². The molecule has 2 aromatic heterocycles. The van der Waals surface area contributed by atoms with Crippen molar-refractivity contribution >= 4 is 69.5 Å². The highest BCUT2D eigenvalue weighted by atomic mass is 127. The maximum absolute atomic E-state index is 12.6. The van der Waals surface area contributed by atoms with Crippen LogP contribution in [0.5, 0.6) is 11.5 Å². The molecule has 0 fully saturated rings. The summed E-state index contributed by atoms with van der Waals surface area (Å²) in [6.45, 7) is 5.72. The van der Waals surface area contributed by atoms with E-state index >= 15 is 0 Å². The molecule has 44 heavy (non-hydrogen) atoms. The third kappa shape index (κ3) is 10.6. The van der Waals surface area contributed by atoms with Crippen LogP contribution in [0.3, 0.4) is 0 Å². The van der Waals surface area contributed by atoms with E-state index in [1.807, 2.05) is 24.3 Å². The van der Waals surface area contributed by atoms with Crippen molar-refractivity contribution in [2.75, 3.05) is 13.2 Å². The summed E-state index contributed by atoms with van der Waals surface area (Å²) in [5.41, 5.74) is 4.19. The molecular formula is C34H32F4I2N2O2. The summed E-state index contributed by atoms with van der Waals surface area (Å²) >= 11 is 2.41. The van der Waals surface area contributed by atoms with Gasteiger partial charge in [-0.25, -0.2) is 17.6 Å². The fourth-order valence-electron chi connectivity index (χ4n) is 3.65. The van der Waals surface area contributed by atoms with Gasteiger partial charge in [-0.3, -0.25) is 9.97 Å². The predicted molar refractivity (Wildman–Crippen MR) is 185 cm³/mol. The molecule has 0 spiro atoms. The predicted octanol–water partition coefficient (Wildman–Crippen LogP) is 10.6. The van der Waals surface area contributed by atoms with E-state index in [0.717, 1.165) is 59.4 Å². The van der Waals surface area contributed by atoms with Gasteiger partial charge in [-0.1, -0.05) is 51.0 Å². The molecule has 0 radical (unpaired) electrons. The molecule has 0 amide bonds. The molecule has 0 saturated carbocycles. The second-order valence-corrected chi connectivity index (χ2v) is 11.6. The van der Waals surface area contributed by atoms with E-state index in [4.69, 9.17) is 9.47 Å². The van der Waals surface area contributed by atoms with Gasteiger partial charge < -0.3 is 9.47 Å². The van der Waals surface area contributed by atoms with Crippen molar-refractivity contribution in [3.05, 3.63) is 114 Å².